The molecule has 1 aromatic carbocycles. The molecule has 128 valence electrons. The standard InChI is InChI=1S/C16H21F3N2O2/c1-3-5-14(21-15(23)8-9-20-11(2)22)12-6-4-7-13(10-12)16(17,18)19/h4,6-7,10,14H,3,5,8-9H2,1-2H3,(H,20,22)(H,21,23)/t14-/m1/s1. The fraction of sp³-hybridized carbons (Fsp3) is 0.500. The first-order valence-electron chi connectivity index (χ1n) is 7.45. The summed E-state index contributed by atoms with van der Waals surface area (Å²) in [6.07, 6.45) is -3.08. The summed E-state index contributed by atoms with van der Waals surface area (Å²) in [6, 6.07) is 4.50. The van der Waals surface area contributed by atoms with E-state index in [9.17, 15) is 22.8 Å². The number of amides is 2. The molecule has 1 atom stereocenters. The van der Waals surface area contributed by atoms with Crippen LogP contribution in [0.1, 0.15) is 50.3 Å². The van der Waals surface area contributed by atoms with Gasteiger partial charge < -0.3 is 10.6 Å². The Bertz CT molecular complexity index is 544. The maximum absolute atomic E-state index is 12.8. The number of rotatable bonds is 7. The second-order valence-corrected chi connectivity index (χ2v) is 5.26. The van der Waals surface area contributed by atoms with Crippen LogP contribution in [0.5, 0.6) is 0 Å². The molecule has 0 heterocycles. The van der Waals surface area contributed by atoms with Crippen LogP contribution in [0.3, 0.4) is 0 Å². The molecule has 2 N–H and O–H groups in total. The number of hydrogen-bond donors (Lipinski definition) is 2. The van der Waals surface area contributed by atoms with Crippen LogP contribution in [0.2, 0.25) is 0 Å². The number of nitrogens with one attached hydrogen (secondary N) is 2. The van der Waals surface area contributed by atoms with Gasteiger partial charge >= 0.3 is 6.18 Å². The summed E-state index contributed by atoms with van der Waals surface area (Å²) in [5.74, 6) is -0.546. The number of carbonyl (C=O) groups excluding carboxylic acids is 2. The van der Waals surface area contributed by atoms with Crippen LogP contribution in [0.4, 0.5) is 13.2 Å². The summed E-state index contributed by atoms with van der Waals surface area (Å²) in [4.78, 5) is 22.6. The molecule has 0 aliphatic rings. The lowest BCUT2D eigenvalue weighted by Crippen LogP contribution is -2.32. The highest BCUT2D eigenvalue weighted by Crippen LogP contribution is 2.31. The quantitative estimate of drug-likeness (QED) is 0.807. The second kappa shape index (κ2) is 8.55. The zero-order valence-corrected chi connectivity index (χ0v) is 13.2. The van der Waals surface area contributed by atoms with Gasteiger partial charge in [0, 0.05) is 19.9 Å². The van der Waals surface area contributed by atoms with Crippen LogP contribution in [0.15, 0.2) is 24.3 Å². The molecule has 0 unspecified atom stereocenters. The normalized spacial score (nSPS) is 12.6. The maximum atomic E-state index is 12.8. The van der Waals surface area contributed by atoms with Crippen LogP contribution in [0.25, 0.3) is 0 Å². The zero-order valence-electron chi connectivity index (χ0n) is 13.2. The van der Waals surface area contributed by atoms with Crippen molar-refractivity contribution in [2.24, 2.45) is 0 Å². The van der Waals surface area contributed by atoms with E-state index in [0.717, 1.165) is 12.1 Å². The van der Waals surface area contributed by atoms with Gasteiger partial charge in [0.15, 0.2) is 0 Å². The Balaban J connectivity index is 2.78. The van der Waals surface area contributed by atoms with Crippen LogP contribution >= 0.6 is 0 Å². The van der Waals surface area contributed by atoms with Crippen molar-refractivity contribution in [1.82, 2.24) is 10.6 Å². The Morgan fingerprint density at radius 2 is 1.96 bits per heavy atom. The summed E-state index contributed by atoms with van der Waals surface area (Å²) in [6.45, 7) is 3.44. The zero-order chi connectivity index (χ0) is 17.5. The van der Waals surface area contributed by atoms with E-state index in [1.807, 2.05) is 6.92 Å². The van der Waals surface area contributed by atoms with Gasteiger partial charge in [-0.05, 0) is 24.1 Å². The van der Waals surface area contributed by atoms with Gasteiger partial charge in [-0.15, -0.1) is 0 Å². The topological polar surface area (TPSA) is 58.2 Å². The van der Waals surface area contributed by atoms with Crippen molar-refractivity contribution in [3.63, 3.8) is 0 Å². The summed E-state index contributed by atoms with van der Waals surface area (Å²) in [7, 11) is 0. The van der Waals surface area contributed by atoms with Gasteiger partial charge in [0.1, 0.15) is 0 Å². The van der Waals surface area contributed by atoms with Crippen molar-refractivity contribution in [3.8, 4) is 0 Å². The highest BCUT2D eigenvalue weighted by atomic mass is 19.4. The minimum Gasteiger partial charge on any atom is -0.356 e. The molecular weight excluding hydrogens is 309 g/mol. The molecule has 0 aromatic heterocycles. The van der Waals surface area contributed by atoms with Crippen molar-refractivity contribution in [2.75, 3.05) is 6.54 Å². The average Bonchev–Trinajstić information content (AvgIpc) is 2.45. The minimum atomic E-state index is -4.41. The Kier molecular flexibility index (Phi) is 7.06. The number of hydrogen-bond acceptors (Lipinski definition) is 2. The van der Waals surface area contributed by atoms with Gasteiger partial charge in [-0.2, -0.15) is 13.2 Å². The lowest BCUT2D eigenvalue weighted by Gasteiger charge is -2.20. The molecule has 0 saturated heterocycles. The minimum absolute atomic E-state index is 0.0821. The second-order valence-electron chi connectivity index (χ2n) is 5.26. The molecule has 0 aliphatic heterocycles. The predicted octanol–water partition coefficient (Wildman–Crippen LogP) is 3.19. The van der Waals surface area contributed by atoms with Crippen molar-refractivity contribution < 1.29 is 22.8 Å². The molecule has 0 fully saturated rings. The Labute approximate surface area is 133 Å². The SMILES string of the molecule is CCC[C@@H](NC(=O)CCNC(C)=O)c1cccc(C(F)(F)F)c1. The van der Waals surface area contributed by atoms with Gasteiger partial charge in [0.2, 0.25) is 11.8 Å². The van der Waals surface area contributed by atoms with Crippen molar-refractivity contribution in [3.05, 3.63) is 35.4 Å². The van der Waals surface area contributed by atoms with E-state index in [0.29, 0.717) is 18.4 Å². The Hall–Kier alpha value is -2.05. The summed E-state index contributed by atoms with van der Waals surface area (Å²) in [5.41, 5.74) is -0.307. The highest BCUT2D eigenvalue weighted by molar-refractivity contribution is 5.78. The van der Waals surface area contributed by atoms with Gasteiger partial charge in [0.05, 0.1) is 11.6 Å². The molecule has 0 saturated carbocycles. The van der Waals surface area contributed by atoms with E-state index in [1.165, 1.54) is 13.0 Å². The molecular formula is C16H21F3N2O2. The molecule has 7 heteroatoms. The summed E-state index contributed by atoms with van der Waals surface area (Å²) in [5, 5.41) is 5.23. The first-order chi connectivity index (χ1) is 10.7. The number of alkyl halides is 3. The largest absolute Gasteiger partial charge is 0.416 e. The van der Waals surface area contributed by atoms with E-state index in [4.69, 9.17) is 0 Å². The first kappa shape index (κ1) is 19.0. The molecule has 0 aliphatic carbocycles. The van der Waals surface area contributed by atoms with Crippen LogP contribution in [-0.2, 0) is 15.8 Å². The predicted molar refractivity (Wildman–Crippen MR) is 80.5 cm³/mol. The van der Waals surface area contributed by atoms with Crippen molar-refractivity contribution in [2.45, 2.75) is 45.3 Å². The molecule has 0 bridgehead atoms. The lowest BCUT2D eigenvalue weighted by molar-refractivity contribution is -0.137. The average molecular weight is 330 g/mol. The van der Waals surface area contributed by atoms with E-state index in [1.54, 1.807) is 6.07 Å². The number of carbonyl (C=O) groups is 2. The van der Waals surface area contributed by atoms with E-state index < -0.39 is 17.8 Å². The molecule has 1 rings (SSSR count). The molecule has 1 aromatic rings. The van der Waals surface area contributed by atoms with Gasteiger partial charge in [0.25, 0.3) is 0 Å². The van der Waals surface area contributed by atoms with E-state index in [2.05, 4.69) is 10.6 Å². The summed E-state index contributed by atoms with van der Waals surface area (Å²) >= 11 is 0. The third kappa shape index (κ3) is 6.71. The monoisotopic (exact) mass is 330 g/mol. The van der Waals surface area contributed by atoms with Gasteiger partial charge in [-0.25, -0.2) is 0 Å². The molecule has 0 spiro atoms. The van der Waals surface area contributed by atoms with Gasteiger partial charge in [-0.1, -0.05) is 25.5 Å². The fourth-order valence-corrected chi connectivity index (χ4v) is 2.16. The lowest BCUT2D eigenvalue weighted by atomic mass is 9.99. The Morgan fingerprint density at radius 3 is 2.52 bits per heavy atom. The number of benzene rings is 1. The van der Waals surface area contributed by atoms with Gasteiger partial charge in [-0.3, -0.25) is 9.59 Å². The van der Waals surface area contributed by atoms with E-state index >= 15 is 0 Å². The summed E-state index contributed by atoms with van der Waals surface area (Å²) < 4.78 is 38.4. The van der Waals surface area contributed by atoms with Crippen LogP contribution < -0.4 is 10.6 Å². The Morgan fingerprint density at radius 1 is 1.26 bits per heavy atom. The van der Waals surface area contributed by atoms with Crippen LogP contribution in [0, 0.1) is 0 Å². The van der Waals surface area contributed by atoms with Crippen molar-refractivity contribution in [1.29, 1.82) is 0 Å². The highest BCUT2D eigenvalue weighted by Gasteiger charge is 2.31. The molecule has 2 amide bonds. The number of halogens is 3. The van der Waals surface area contributed by atoms with Crippen LogP contribution in [-0.4, -0.2) is 18.4 Å². The third-order valence-electron chi connectivity index (χ3n) is 3.25. The molecule has 4 nitrogen and oxygen atoms in total. The third-order valence-corrected chi connectivity index (χ3v) is 3.25. The fourth-order valence-electron chi connectivity index (χ4n) is 2.16. The maximum Gasteiger partial charge on any atom is 0.416 e. The molecule has 0 radical (unpaired) electrons. The van der Waals surface area contributed by atoms with E-state index in [-0.39, 0.29) is 24.8 Å². The molecule has 23 heavy (non-hydrogen) atoms. The smallest absolute Gasteiger partial charge is 0.356 e. The van der Waals surface area contributed by atoms with Crippen molar-refractivity contribution >= 4 is 11.8 Å². The first-order valence-corrected chi connectivity index (χ1v) is 7.45.